The molecule has 4 aliphatic carbocycles. The average Bonchev–Trinajstić information content (AvgIpc) is 2.61. The number of benzene rings is 1. The predicted octanol–water partition coefficient (Wildman–Crippen LogP) is 5.94. The van der Waals surface area contributed by atoms with E-state index < -0.39 is 0 Å². The van der Waals surface area contributed by atoms with Crippen LogP contribution in [0.2, 0.25) is 0 Å². The number of halogens is 1. The molecule has 3 nitrogen and oxygen atoms in total. The molecule has 150 valence electrons. The molecule has 0 heterocycles. The highest BCUT2D eigenvalue weighted by Crippen LogP contribution is 2.61. The summed E-state index contributed by atoms with van der Waals surface area (Å²) in [6.07, 6.45) is 8.87. The number of nitrogens with one attached hydrogen (secondary N) is 1. The molecule has 0 radical (unpaired) electrons. The van der Waals surface area contributed by atoms with E-state index in [4.69, 9.17) is 9.47 Å². The van der Waals surface area contributed by atoms with E-state index in [0.29, 0.717) is 24.7 Å². The summed E-state index contributed by atoms with van der Waals surface area (Å²) in [5.41, 5.74) is 1.80. The first-order valence-corrected chi connectivity index (χ1v) is 11.6. The zero-order valence-electron chi connectivity index (χ0n) is 17.0. The van der Waals surface area contributed by atoms with Crippen molar-refractivity contribution in [3.8, 4) is 11.5 Å². The van der Waals surface area contributed by atoms with Crippen molar-refractivity contribution in [3.63, 3.8) is 0 Å². The van der Waals surface area contributed by atoms with Gasteiger partial charge in [-0.15, -0.1) is 0 Å². The molecule has 1 aromatic carbocycles. The molecule has 1 atom stereocenters. The van der Waals surface area contributed by atoms with Crippen LogP contribution in [-0.4, -0.2) is 19.3 Å². The lowest BCUT2D eigenvalue weighted by molar-refractivity contribution is -0.0706. The fraction of sp³-hybridized carbons (Fsp3) is 0.739. The molecule has 4 heteroatoms. The first-order valence-electron chi connectivity index (χ1n) is 10.8. The van der Waals surface area contributed by atoms with Crippen molar-refractivity contribution in [1.29, 1.82) is 0 Å². The Balaban J connectivity index is 1.45. The SMILES string of the molecule is CCOc1cc(CN[C@H](C)C23CC4CC(CC(C4)C2)C3)cc(Br)c1OCC. The van der Waals surface area contributed by atoms with Crippen LogP contribution in [0.3, 0.4) is 0 Å². The van der Waals surface area contributed by atoms with Crippen LogP contribution in [0.5, 0.6) is 11.5 Å². The fourth-order valence-corrected chi connectivity index (χ4v) is 7.07. The van der Waals surface area contributed by atoms with Crippen molar-refractivity contribution in [2.24, 2.45) is 23.2 Å². The van der Waals surface area contributed by atoms with E-state index >= 15 is 0 Å². The summed E-state index contributed by atoms with van der Waals surface area (Å²) in [6, 6.07) is 4.89. The number of hydrogen-bond donors (Lipinski definition) is 1. The van der Waals surface area contributed by atoms with E-state index in [1.54, 1.807) is 0 Å². The Bertz CT molecular complexity index is 639. The van der Waals surface area contributed by atoms with E-state index in [1.165, 1.54) is 44.1 Å². The van der Waals surface area contributed by atoms with Gasteiger partial charge in [0.15, 0.2) is 11.5 Å². The monoisotopic (exact) mass is 435 g/mol. The van der Waals surface area contributed by atoms with Crippen LogP contribution in [0.25, 0.3) is 0 Å². The molecule has 4 aliphatic rings. The lowest BCUT2D eigenvalue weighted by atomic mass is 9.48. The van der Waals surface area contributed by atoms with Crippen LogP contribution in [0.1, 0.15) is 64.9 Å². The Morgan fingerprint density at radius 3 is 2.19 bits per heavy atom. The standard InChI is InChI=1S/C23H34BrNO2/c1-4-26-21-10-19(9-20(24)22(21)27-5-2)14-25-15(3)23-11-16-6-17(12-23)8-18(7-16)13-23/h9-10,15-18,25H,4-8,11-14H2,1-3H3/t15-,16?,17?,18?,23?/m1/s1. The summed E-state index contributed by atoms with van der Waals surface area (Å²) in [7, 11) is 0. The van der Waals surface area contributed by atoms with Gasteiger partial charge in [-0.2, -0.15) is 0 Å². The van der Waals surface area contributed by atoms with Crippen LogP contribution in [0.4, 0.5) is 0 Å². The Morgan fingerprint density at radius 2 is 1.63 bits per heavy atom. The molecular weight excluding hydrogens is 402 g/mol. The Morgan fingerprint density at radius 1 is 1.04 bits per heavy atom. The van der Waals surface area contributed by atoms with Crippen LogP contribution >= 0.6 is 15.9 Å². The summed E-state index contributed by atoms with van der Waals surface area (Å²) in [5.74, 6) is 4.67. The zero-order chi connectivity index (χ0) is 19.0. The second-order valence-corrected chi connectivity index (χ2v) is 10.0. The fourth-order valence-electron chi connectivity index (χ4n) is 6.47. The van der Waals surface area contributed by atoms with Gasteiger partial charge in [-0.3, -0.25) is 0 Å². The van der Waals surface area contributed by atoms with Crippen LogP contribution in [0.15, 0.2) is 16.6 Å². The molecule has 0 aromatic heterocycles. The van der Waals surface area contributed by atoms with Crippen LogP contribution in [0, 0.1) is 23.2 Å². The smallest absolute Gasteiger partial charge is 0.175 e. The normalized spacial score (nSPS) is 32.5. The maximum atomic E-state index is 5.84. The minimum Gasteiger partial charge on any atom is -0.490 e. The third kappa shape index (κ3) is 3.89. The van der Waals surface area contributed by atoms with Gasteiger partial charge in [-0.05, 0) is 116 Å². The van der Waals surface area contributed by atoms with Gasteiger partial charge in [0.2, 0.25) is 0 Å². The highest BCUT2D eigenvalue weighted by Gasteiger charge is 2.52. The molecule has 0 saturated heterocycles. The molecule has 27 heavy (non-hydrogen) atoms. The Hall–Kier alpha value is -0.740. The Kier molecular flexibility index (Phi) is 5.76. The molecule has 4 saturated carbocycles. The minimum absolute atomic E-state index is 0.542. The molecule has 0 aliphatic heterocycles. The lowest BCUT2D eigenvalue weighted by Gasteiger charge is -2.59. The largest absolute Gasteiger partial charge is 0.490 e. The van der Waals surface area contributed by atoms with Gasteiger partial charge in [0.05, 0.1) is 17.7 Å². The molecule has 1 aromatic rings. The van der Waals surface area contributed by atoms with E-state index in [1.807, 2.05) is 13.8 Å². The first-order chi connectivity index (χ1) is 13.0. The van der Waals surface area contributed by atoms with Gasteiger partial charge in [-0.1, -0.05) is 0 Å². The van der Waals surface area contributed by atoms with Crippen molar-refractivity contribution in [3.05, 3.63) is 22.2 Å². The maximum absolute atomic E-state index is 5.84. The van der Waals surface area contributed by atoms with E-state index in [-0.39, 0.29) is 0 Å². The molecule has 1 N–H and O–H groups in total. The highest BCUT2D eigenvalue weighted by molar-refractivity contribution is 9.10. The molecule has 0 unspecified atom stereocenters. The van der Waals surface area contributed by atoms with E-state index in [0.717, 1.165) is 40.3 Å². The van der Waals surface area contributed by atoms with Gasteiger partial charge >= 0.3 is 0 Å². The van der Waals surface area contributed by atoms with Gasteiger partial charge in [0.1, 0.15) is 0 Å². The van der Waals surface area contributed by atoms with Crippen molar-refractivity contribution in [2.75, 3.05) is 13.2 Å². The average molecular weight is 436 g/mol. The molecule has 4 fully saturated rings. The summed E-state index contributed by atoms with van der Waals surface area (Å²) in [5, 5.41) is 3.89. The topological polar surface area (TPSA) is 30.5 Å². The summed E-state index contributed by atoms with van der Waals surface area (Å²) in [6.45, 7) is 8.62. The molecular formula is C23H34BrNO2. The number of ether oxygens (including phenoxy) is 2. The zero-order valence-corrected chi connectivity index (χ0v) is 18.6. The second-order valence-electron chi connectivity index (χ2n) is 9.15. The molecule has 4 bridgehead atoms. The van der Waals surface area contributed by atoms with Gasteiger partial charge in [0.25, 0.3) is 0 Å². The van der Waals surface area contributed by atoms with E-state index in [9.17, 15) is 0 Å². The third-order valence-corrected chi connectivity index (χ3v) is 7.86. The van der Waals surface area contributed by atoms with Crippen LogP contribution in [-0.2, 0) is 6.54 Å². The van der Waals surface area contributed by atoms with E-state index in [2.05, 4.69) is 40.3 Å². The second kappa shape index (κ2) is 7.94. The van der Waals surface area contributed by atoms with Gasteiger partial charge in [0, 0.05) is 12.6 Å². The lowest BCUT2D eigenvalue weighted by Crippen LogP contribution is -2.54. The number of rotatable bonds is 8. The van der Waals surface area contributed by atoms with Gasteiger partial charge < -0.3 is 14.8 Å². The van der Waals surface area contributed by atoms with Crippen molar-refractivity contribution >= 4 is 15.9 Å². The maximum Gasteiger partial charge on any atom is 0.175 e. The molecule has 0 spiro atoms. The summed E-state index contributed by atoms with van der Waals surface area (Å²) < 4.78 is 12.6. The third-order valence-electron chi connectivity index (χ3n) is 7.27. The van der Waals surface area contributed by atoms with Crippen molar-refractivity contribution in [2.45, 2.75) is 71.9 Å². The molecule has 5 rings (SSSR count). The number of hydrogen-bond acceptors (Lipinski definition) is 3. The predicted molar refractivity (Wildman–Crippen MR) is 113 cm³/mol. The van der Waals surface area contributed by atoms with Gasteiger partial charge in [-0.25, -0.2) is 0 Å². The highest BCUT2D eigenvalue weighted by atomic mass is 79.9. The summed E-state index contributed by atoms with van der Waals surface area (Å²) in [4.78, 5) is 0. The molecule has 0 amide bonds. The Labute approximate surface area is 172 Å². The van der Waals surface area contributed by atoms with Crippen molar-refractivity contribution < 1.29 is 9.47 Å². The minimum atomic E-state index is 0.542. The van der Waals surface area contributed by atoms with Crippen molar-refractivity contribution in [1.82, 2.24) is 5.32 Å². The summed E-state index contributed by atoms with van der Waals surface area (Å²) >= 11 is 3.67. The first kappa shape index (κ1) is 19.6. The quantitative estimate of drug-likeness (QED) is 0.547. The van der Waals surface area contributed by atoms with Crippen LogP contribution < -0.4 is 14.8 Å².